The van der Waals surface area contributed by atoms with Gasteiger partial charge >= 0.3 is 0 Å². The van der Waals surface area contributed by atoms with Crippen LogP contribution in [0, 0.1) is 0 Å². The Morgan fingerprint density at radius 2 is 1.00 bits per heavy atom. The van der Waals surface area contributed by atoms with Crippen molar-refractivity contribution in [2.45, 2.75) is 0 Å². The molecule has 0 fully saturated rings. The molecule has 0 saturated carbocycles. The number of para-hydroxylation sites is 2. The van der Waals surface area contributed by atoms with Crippen LogP contribution in [0.4, 0.5) is 17.1 Å². The number of nitrogens with zero attached hydrogens (tertiary/aromatic N) is 1. The molecule has 0 atom stereocenters. The van der Waals surface area contributed by atoms with Crippen LogP contribution in [0.25, 0.3) is 97.0 Å². The van der Waals surface area contributed by atoms with Crippen LogP contribution in [0.1, 0.15) is 0 Å². The zero-order valence-corrected chi connectivity index (χ0v) is 32.8. The molecule has 0 amide bonds. The van der Waals surface area contributed by atoms with E-state index in [0.29, 0.717) is 0 Å². The van der Waals surface area contributed by atoms with E-state index in [1.54, 1.807) is 0 Å². The number of furan rings is 1. The fourth-order valence-electron chi connectivity index (χ4n) is 9.14. The van der Waals surface area contributed by atoms with Gasteiger partial charge in [-0.25, -0.2) is 0 Å². The summed E-state index contributed by atoms with van der Waals surface area (Å²) in [5.74, 6) is 0. The fraction of sp³-hybridized carbons (Fsp3) is 0. The van der Waals surface area contributed by atoms with Crippen molar-refractivity contribution in [1.29, 1.82) is 0 Å². The van der Waals surface area contributed by atoms with Crippen molar-refractivity contribution < 1.29 is 4.42 Å². The number of fused-ring (bicyclic) bond motifs is 9. The average Bonchev–Trinajstić information content (AvgIpc) is 3.89. The molecular weight excluding hydrogens is 735 g/mol. The first kappa shape index (κ1) is 33.7. The lowest BCUT2D eigenvalue weighted by Crippen LogP contribution is -2.10. The third-order valence-electron chi connectivity index (χ3n) is 11.9. The molecule has 2 aromatic heterocycles. The molecule has 0 spiro atoms. The molecule has 0 radical (unpaired) electrons. The van der Waals surface area contributed by atoms with Gasteiger partial charge in [-0.05, 0) is 97.9 Å². The smallest absolute Gasteiger partial charge is 0.143 e. The van der Waals surface area contributed by atoms with Gasteiger partial charge in [0.25, 0.3) is 0 Å². The predicted octanol–water partition coefficient (Wildman–Crippen LogP) is 16.7. The molecule has 276 valence electrons. The lowest BCUT2D eigenvalue weighted by molar-refractivity contribution is 0.670. The van der Waals surface area contributed by atoms with Crippen molar-refractivity contribution in [1.82, 2.24) is 0 Å². The maximum Gasteiger partial charge on any atom is 0.143 e. The highest BCUT2D eigenvalue weighted by Crippen LogP contribution is 2.48. The van der Waals surface area contributed by atoms with Gasteiger partial charge in [-0.2, -0.15) is 0 Å². The van der Waals surface area contributed by atoms with Crippen molar-refractivity contribution >= 4 is 92.1 Å². The Kier molecular flexibility index (Phi) is 7.75. The Labute approximate surface area is 345 Å². The van der Waals surface area contributed by atoms with Crippen LogP contribution < -0.4 is 4.90 Å². The molecule has 12 aromatic rings. The van der Waals surface area contributed by atoms with Gasteiger partial charge < -0.3 is 9.32 Å². The quantitative estimate of drug-likeness (QED) is 0.157. The van der Waals surface area contributed by atoms with Gasteiger partial charge in [0.1, 0.15) is 11.2 Å². The molecule has 0 aliphatic carbocycles. The summed E-state index contributed by atoms with van der Waals surface area (Å²) in [5.41, 5.74) is 12.1. The van der Waals surface area contributed by atoms with E-state index in [1.165, 1.54) is 52.8 Å². The molecule has 10 aromatic carbocycles. The van der Waals surface area contributed by atoms with Crippen molar-refractivity contribution in [3.8, 4) is 33.4 Å². The second-order valence-electron chi connectivity index (χ2n) is 15.2. The van der Waals surface area contributed by atoms with E-state index in [-0.39, 0.29) is 0 Å². The maximum absolute atomic E-state index is 6.61. The van der Waals surface area contributed by atoms with E-state index >= 15 is 0 Å². The van der Waals surface area contributed by atoms with Crippen molar-refractivity contribution in [2.75, 3.05) is 4.90 Å². The zero-order valence-electron chi connectivity index (χ0n) is 32.0. The van der Waals surface area contributed by atoms with Gasteiger partial charge in [-0.15, -0.1) is 11.3 Å². The summed E-state index contributed by atoms with van der Waals surface area (Å²) in [6.45, 7) is 0. The van der Waals surface area contributed by atoms with E-state index < -0.39 is 0 Å². The molecule has 0 unspecified atom stereocenters. The first-order valence-corrected chi connectivity index (χ1v) is 20.9. The minimum Gasteiger partial charge on any atom is -0.455 e. The lowest BCUT2D eigenvalue weighted by Gasteiger charge is -2.27. The maximum atomic E-state index is 6.61. The largest absolute Gasteiger partial charge is 0.455 e. The van der Waals surface area contributed by atoms with Crippen LogP contribution in [0.15, 0.2) is 217 Å². The third-order valence-corrected chi connectivity index (χ3v) is 13.1. The summed E-state index contributed by atoms with van der Waals surface area (Å²) in [4.78, 5) is 2.44. The summed E-state index contributed by atoms with van der Waals surface area (Å²) in [6, 6.07) is 77.0. The summed E-state index contributed by atoms with van der Waals surface area (Å²) in [6.07, 6.45) is 0. The summed E-state index contributed by atoms with van der Waals surface area (Å²) >= 11 is 1.86. The van der Waals surface area contributed by atoms with Crippen LogP contribution >= 0.6 is 11.3 Å². The molecule has 0 bridgehead atoms. The average molecular weight is 770 g/mol. The van der Waals surface area contributed by atoms with E-state index in [0.717, 1.165) is 61.3 Å². The van der Waals surface area contributed by atoms with Gasteiger partial charge in [0.15, 0.2) is 0 Å². The summed E-state index contributed by atoms with van der Waals surface area (Å²) in [5, 5.41) is 9.86. The SMILES string of the molecule is c1ccc(-c2cc(N(c3ccc(-c4cc5ccccc5c5ccccc45)cc3)c3cccc4c3sc3ccccc34)ccc2-c2cccc3c2oc2ccccc23)cc1. The first-order chi connectivity index (χ1) is 29.3. The summed E-state index contributed by atoms with van der Waals surface area (Å²) in [7, 11) is 0. The van der Waals surface area contributed by atoms with Gasteiger partial charge in [0.2, 0.25) is 0 Å². The third kappa shape index (κ3) is 5.47. The lowest BCUT2D eigenvalue weighted by atomic mass is 9.92. The monoisotopic (exact) mass is 769 g/mol. The molecule has 3 heteroatoms. The fourth-order valence-corrected chi connectivity index (χ4v) is 10.3. The number of hydrogen-bond acceptors (Lipinski definition) is 3. The highest BCUT2D eigenvalue weighted by atomic mass is 32.1. The first-order valence-electron chi connectivity index (χ1n) is 20.1. The molecular formula is C56H35NOS. The number of benzene rings is 10. The highest BCUT2D eigenvalue weighted by molar-refractivity contribution is 7.26. The second-order valence-corrected chi connectivity index (χ2v) is 16.3. The van der Waals surface area contributed by atoms with E-state index in [1.807, 2.05) is 17.4 Å². The van der Waals surface area contributed by atoms with Crippen molar-refractivity contribution in [3.05, 3.63) is 212 Å². The minimum atomic E-state index is 0.899. The van der Waals surface area contributed by atoms with Crippen LogP contribution in [0.2, 0.25) is 0 Å². The normalized spacial score (nSPS) is 11.7. The Morgan fingerprint density at radius 1 is 0.356 bits per heavy atom. The van der Waals surface area contributed by atoms with Gasteiger partial charge in [0.05, 0.1) is 10.4 Å². The van der Waals surface area contributed by atoms with Crippen LogP contribution in [-0.2, 0) is 0 Å². The highest BCUT2D eigenvalue weighted by Gasteiger charge is 2.22. The predicted molar refractivity (Wildman–Crippen MR) is 253 cm³/mol. The van der Waals surface area contributed by atoms with Crippen LogP contribution in [0.5, 0.6) is 0 Å². The molecule has 59 heavy (non-hydrogen) atoms. The van der Waals surface area contributed by atoms with Crippen LogP contribution in [-0.4, -0.2) is 0 Å². The Balaban J connectivity index is 1.08. The number of thiophene rings is 1. The zero-order chi connectivity index (χ0) is 38.9. The molecule has 0 aliphatic rings. The van der Waals surface area contributed by atoms with Gasteiger partial charge in [0, 0.05) is 43.2 Å². The molecule has 2 heterocycles. The van der Waals surface area contributed by atoms with E-state index in [2.05, 4.69) is 211 Å². The minimum absolute atomic E-state index is 0.899. The topological polar surface area (TPSA) is 16.4 Å². The van der Waals surface area contributed by atoms with E-state index in [4.69, 9.17) is 4.42 Å². The van der Waals surface area contributed by atoms with Gasteiger partial charge in [-0.1, -0.05) is 164 Å². The molecule has 0 saturated heterocycles. The molecule has 0 aliphatic heterocycles. The number of rotatable bonds is 6. The van der Waals surface area contributed by atoms with E-state index in [9.17, 15) is 0 Å². The Hall–Kier alpha value is -7.46. The number of hydrogen-bond donors (Lipinski definition) is 0. The van der Waals surface area contributed by atoms with Crippen molar-refractivity contribution in [2.24, 2.45) is 0 Å². The molecule has 0 N–H and O–H groups in total. The summed E-state index contributed by atoms with van der Waals surface area (Å²) < 4.78 is 9.16. The second kappa shape index (κ2) is 13.6. The Bertz CT molecular complexity index is 3560. The van der Waals surface area contributed by atoms with Gasteiger partial charge in [-0.3, -0.25) is 0 Å². The Morgan fingerprint density at radius 3 is 1.86 bits per heavy atom. The molecule has 2 nitrogen and oxygen atoms in total. The molecule has 12 rings (SSSR count). The number of anilines is 3. The van der Waals surface area contributed by atoms with Crippen LogP contribution in [0.3, 0.4) is 0 Å². The standard InChI is InChI=1S/C56H35NOS/c1-2-14-36(15-3-1)51-35-40(32-33-44(51)47-22-12-23-48-45-20-8-10-26-53(45)58-55(47)48)57(52-25-13-24-49-46-21-9-11-27-54(46)59-56(49)52)39-30-28-37(29-31-39)50-34-38-16-4-5-17-41(38)42-18-6-7-19-43(42)50/h1-35H. The van der Waals surface area contributed by atoms with Crippen molar-refractivity contribution in [3.63, 3.8) is 0 Å².